The molecule has 1 atom stereocenters. The van der Waals surface area contributed by atoms with Gasteiger partial charge < -0.3 is 10.4 Å². The Hall–Kier alpha value is -1.42. The summed E-state index contributed by atoms with van der Waals surface area (Å²) in [5.74, 6) is -1.04. The molecule has 0 aliphatic carbocycles. The molecule has 4 heteroatoms. The molecule has 0 saturated carbocycles. The molecule has 18 heavy (non-hydrogen) atoms. The molecule has 1 rings (SSSR count). The largest absolute Gasteiger partial charge is 0.481 e. The van der Waals surface area contributed by atoms with Crippen LogP contribution < -0.4 is 5.32 Å². The van der Waals surface area contributed by atoms with Crippen molar-refractivity contribution in [3.8, 4) is 0 Å². The smallest absolute Gasteiger partial charge is 0.307 e. The minimum atomic E-state index is -0.768. The third-order valence-electron chi connectivity index (χ3n) is 2.74. The molecule has 100 valence electrons. The number of carbonyl (C=O) groups is 1. The maximum absolute atomic E-state index is 12.7. The lowest BCUT2D eigenvalue weighted by Crippen LogP contribution is -2.29. The summed E-state index contributed by atoms with van der Waals surface area (Å²) < 4.78 is 12.7. The van der Waals surface area contributed by atoms with Crippen LogP contribution >= 0.6 is 0 Å². The van der Waals surface area contributed by atoms with Crippen LogP contribution in [-0.4, -0.2) is 17.6 Å². The van der Waals surface area contributed by atoms with Crippen LogP contribution in [0.15, 0.2) is 24.3 Å². The van der Waals surface area contributed by atoms with Crippen molar-refractivity contribution in [2.24, 2.45) is 11.8 Å². The van der Waals surface area contributed by atoms with Crippen LogP contribution in [0.5, 0.6) is 0 Å². The quantitative estimate of drug-likeness (QED) is 0.785. The third-order valence-corrected chi connectivity index (χ3v) is 2.74. The van der Waals surface area contributed by atoms with Gasteiger partial charge in [-0.15, -0.1) is 0 Å². The number of nitrogens with one attached hydrogen (secondary N) is 1. The second kappa shape index (κ2) is 7.11. The van der Waals surface area contributed by atoms with E-state index in [1.165, 1.54) is 12.1 Å². The number of hydrogen-bond acceptors (Lipinski definition) is 2. The number of hydrogen-bond donors (Lipinski definition) is 2. The highest BCUT2D eigenvalue weighted by Gasteiger charge is 2.18. The Morgan fingerprint density at radius 1 is 1.33 bits per heavy atom. The predicted octanol–water partition coefficient (Wildman–Crippen LogP) is 2.66. The topological polar surface area (TPSA) is 49.3 Å². The fraction of sp³-hybridized carbons (Fsp3) is 0.500. The number of carboxylic acids is 1. The van der Waals surface area contributed by atoms with E-state index in [1.807, 2.05) is 13.8 Å². The average Bonchev–Trinajstić information content (AvgIpc) is 2.29. The zero-order valence-corrected chi connectivity index (χ0v) is 10.8. The summed E-state index contributed by atoms with van der Waals surface area (Å²) in [6.07, 6.45) is 0.658. The van der Waals surface area contributed by atoms with Gasteiger partial charge in [0.2, 0.25) is 0 Å². The van der Waals surface area contributed by atoms with E-state index in [9.17, 15) is 9.18 Å². The average molecular weight is 253 g/mol. The Morgan fingerprint density at radius 3 is 2.44 bits per heavy atom. The number of benzene rings is 1. The van der Waals surface area contributed by atoms with Crippen molar-refractivity contribution in [1.29, 1.82) is 0 Å². The van der Waals surface area contributed by atoms with Gasteiger partial charge in [-0.05, 0) is 30.0 Å². The summed E-state index contributed by atoms with van der Waals surface area (Å²) in [5.41, 5.74) is 0.949. The lowest BCUT2D eigenvalue weighted by Gasteiger charge is -2.15. The highest BCUT2D eigenvalue weighted by Crippen LogP contribution is 2.11. The van der Waals surface area contributed by atoms with Gasteiger partial charge in [0.25, 0.3) is 0 Å². The van der Waals surface area contributed by atoms with Crippen LogP contribution in [0, 0.1) is 17.7 Å². The van der Waals surface area contributed by atoms with Gasteiger partial charge >= 0.3 is 5.97 Å². The van der Waals surface area contributed by atoms with E-state index in [0.717, 1.165) is 5.56 Å². The molecule has 2 N–H and O–H groups in total. The van der Waals surface area contributed by atoms with Gasteiger partial charge in [0.15, 0.2) is 0 Å². The molecule has 0 radical (unpaired) electrons. The third kappa shape index (κ3) is 5.27. The molecule has 1 aromatic rings. The first-order chi connectivity index (χ1) is 8.49. The van der Waals surface area contributed by atoms with E-state index in [0.29, 0.717) is 25.4 Å². The number of halogens is 1. The van der Waals surface area contributed by atoms with E-state index in [1.54, 1.807) is 12.1 Å². The Labute approximate surface area is 107 Å². The minimum Gasteiger partial charge on any atom is -0.481 e. The molecule has 1 unspecified atom stereocenters. The number of aliphatic carboxylic acids is 1. The summed E-state index contributed by atoms with van der Waals surface area (Å²) in [6.45, 7) is 5.01. The maximum Gasteiger partial charge on any atom is 0.307 e. The zero-order valence-electron chi connectivity index (χ0n) is 10.8. The number of carboxylic acid groups (broad SMARTS) is 1. The Bertz CT molecular complexity index is 376. The van der Waals surface area contributed by atoms with Crippen molar-refractivity contribution in [2.45, 2.75) is 26.8 Å². The molecule has 0 heterocycles. The van der Waals surface area contributed by atoms with Gasteiger partial charge in [-0.1, -0.05) is 26.0 Å². The second-order valence-electron chi connectivity index (χ2n) is 4.92. The number of rotatable bonds is 7. The predicted molar refractivity (Wildman–Crippen MR) is 68.7 cm³/mol. The van der Waals surface area contributed by atoms with Crippen LogP contribution in [0.25, 0.3) is 0 Å². The highest BCUT2D eigenvalue weighted by atomic mass is 19.1. The van der Waals surface area contributed by atoms with E-state index < -0.39 is 5.97 Å². The van der Waals surface area contributed by atoms with Gasteiger partial charge in [0.1, 0.15) is 5.82 Å². The molecule has 0 fully saturated rings. The lowest BCUT2D eigenvalue weighted by molar-refractivity contribution is -0.142. The molecule has 0 saturated heterocycles. The van der Waals surface area contributed by atoms with Gasteiger partial charge in [0.05, 0.1) is 5.92 Å². The first kappa shape index (κ1) is 14.6. The van der Waals surface area contributed by atoms with Crippen molar-refractivity contribution in [1.82, 2.24) is 5.32 Å². The van der Waals surface area contributed by atoms with Crippen molar-refractivity contribution >= 4 is 5.97 Å². The first-order valence-corrected chi connectivity index (χ1v) is 6.17. The van der Waals surface area contributed by atoms with E-state index in [4.69, 9.17) is 5.11 Å². The first-order valence-electron chi connectivity index (χ1n) is 6.17. The Balaban J connectivity index is 2.38. The second-order valence-corrected chi connectivity index (χ2v) is 4.92. The minimum absolute atomic E-state index is 0.262. The monoisotopic (exact) mass is 253 g/mol. The van der Waals surface area contributed by atoms with E-state index in [2.05, 4.69) is 5.32 Å². The summed E-state index contributed by atoms with van der Waals surface area (Å²) in [7, 11) is 0. The summed E-state index contributed by atoms with van der Waals surface area (Å²) in [5, 5.41) is 12.2. The summed E-state index contributed by atoms with van der Waals surface area (Å²) in [6, 6.07) is 6.20. The van der Waals surface area contributed by atoms with Crippen molar-refractivity contribution in [2.75, 3.05) is 6.54 Å². The van der Waals surface area contributed by atoms with E-state index >= 15 is 0 Å². The SMILES string of the molecule is CC(C)CC(CNCc1ccc(F)cc1)C(=O)O. The van der Waals surface area contributed by atoms with Crippen LogP contribution in [0.4, 0.5) is 4.39 Å². The van der Waals surface area contributed by atoms with Gasteiger partial charge in [-0.25, -0.2) is 4.39 Å². The molecular weight excluding hydrogens is 233 g/mol. The molecule has 1 aromatic carbocycles. The van der Waals surface area contributed by atoms with Gasteiger partial charge in [0, 0.05) is 13.1 Å². The maximum atomic E-state index is 12.7. The molecule has 0 spiro atoms. The zero-order chi connectivity index (χ0) is 13.5. The van der Waals surface area contributed by atoms with Crippen LogP contribution in [0.2, 0.25) is 0 Å². The Kier molecular flexibility index (Phi) is 5.78. The van der Waals surface area contributed by atoms with Gasteiger partial charge in [-0.3, -0.25) is 4.79 Å². The molecule has 0 bridgehead atoms. The molecule has 0 aromatic heterocycles. The van der Waals surface area contributed by atoms with Crippen LogP contribution in [0.3, 0.4) is 0 Å². The standard InChI is InChI=1S/C14H20FNO2/c1-10(2)7-12(14(17)18)9-16-8-11-3-5-13(15)6-4-11/h3-6,10,12,16H,7-9H2,1-2H3,(H,17,18). The Morgan fingerprint density at radius 2 is 1.94 bits per heavy atom. The van der Waals surface area contributed by atoms with Gasteiger partial charge in [-0.2, -0.15) is 0 Å². The molecule has 3 nitrogen and oxygen atoms in total. The lowest BCUT2D eigenvalue weighted by atomic mass is 9.97. The molecular formula is C14H20FNO2. The fourth-order valence-electron chi connectivity index (χ4n) is 1.83. The van der Waals surface area contributed by atoms with Crippen molar-refractivity contribution in [3.63, 3.8) is 0 Å². The molecule has 0 aliphatic heterocycles. The van der Waals surface area contributed by atoms with E-state index in [-0.39, 0.29) is 11.7 Å². The molecule has 0 aliphatic rings. The molecule has 0 amide bonds. The highest BCUT2D eigenvalue weighted by molar-refractivity contribution is 5.70. The van der Waals surface area contributed by atoms with Crippen molar-refractivity contribution in [3.05, 3.63) is 35.6 Å². The summed E-state index contributed by atoms with van der Waals surface area (Å²) >= 11 is 0. The van der Waals surface area contributed by atoms with Crippen LogP contribution in [0.1, 0.15) is 25.8 Å². The summed E-state index contributed by atoms with van der Waals surface area (Å²) in [4.78, 5) is 11.0. The van der Waals surface area contributed by atoms with Crippen LogP contribution in [-0.2, 0) is 11.3 Å². The van der Waals surface area contributed by atoms with Crippen molar-refractivity contribution < 1.29 is 14.3 Å². The normalized spacial score (nSPS) is 12.7. The fourth-order valence-corrected chi connectivity index (χ4v) is 1.83.